The molecular weight excluding hydrogens is 447 g/mol. The second kappa shape index (κ2) is 13.9. The minimum atomic E-state index is -2.90. The van der Waals surface area contributed by atoms with E-state index in [2.05, 4.69) is 25.3 Å². The number of rotatable bonds is 9. The summed E-state index contributed by atoms with van der Waals surface area (Å²) in [5, 5.41) is 5.86. The van der Waals surface area contributed by atoms with Crippen LogP contribution in [0.5, 0.6) is 5.75 Å². The molecule has 0 bridgehead atoms. The van der Waals surface area contributed by atoms with Gasteiger partial charge in [-0.25, -0.2) is 9.37 Å². The lowest BCUT2D eigenvalue weighted by atomic mass is 10.1. The van der Waals surface area contributed by atoms with Crippen LogP contribution >= 0.6 is 0 Å². The number of aldehydes is 1. The Morgan fingerprint density at radius 3 is 2.44 bits per heavy atom. The average Bonchev–Trinajstić information content (AvgIpc) is 2.85. The zero-order valence-corrected chi connectivity index (χ0v) is 19.5. The van der Waals surface area contributed by atoms with E-state index >= 15 is 0 Å². The van der Waals surface area contributed by atoms with E-state index in [1.807, 2.05) is 18.7 Å². The zero-order chi connectivity index (χ0) is 24.9. The van der Waals surface area contributed by atoms with Crippen molar-refractivity contribution < 1.29 is 22.7 Å². The number of carbonyl (C=O) groups excluding carboxylic acids is 1. The van der Waals surface area contributed by atoms with Crippen molar-refractivity contribution in [2.24, 2.45) is 0 Å². The molecule has 1 saturated heterocycles. The van der Waals surface area contributed by atoms with E-state index in [9.17, 15) is 18.0 Å². The highest BCUT2D eigenvalue weighted by Gasteiger charge is 2.20. The van der Waals surface area contributed by atoms with Crippen molar-refractivity contribution in [3.8, 4) is 5.75 Å². The summed E-state index contributed by atoms with van der Waals surface area (Å²) in [5.74, 6) is 0.920. The number of hydrogen-bond acceptors (Lipinski definition) is 7. The number of alkyl halides is 3. The van der Waals surface area contributed by atoms with Crippen LogP contribution in [0.2, 0.25) is 0 Å². The first-order valence-electron chi connectivity index (χ1n) is 11.1. The van der Waals surface area contributed by atoms with Crippen LogP contribution in [0.15, 0.2) is 54.5 Å². The molecule has 0 unspecified atom stereocenters. The van der Waals surface area contributed by atoms with Gasteiger partial charge in [0, 0.05) is 32.5 Å². The van der Waals surface area contributed by atoms with E-state index in [1.54, 1.807) is 43.7 Å². The topological polar surface area (TPSA) is 79.4 Å². The maximum absolute atomic E-state index is 13.4. The second-order valence-electron chi connectivity index (χ2n) is 7.04. The summed E-state index contributed by atoms with van der Waals surface area (Å²) >= 11 is 0. The first kappa shape index (κ1) is 26.7. The first-order chi connectivity index (χ1) is 16.5. The van der Waals surface area contributed by atoms with E-state index < -0.39 is 12.8 Å². The Labute approximate surface area is 197 Å². The van der Waals surface area contributed by atoms with Gasteiger partial charge in [0.15, 0.2) is 6.29 Å². The second-order valence-corrected chi connectivity index (χ2v) is 7.04. The lowest BCUT2D eigenvalue weighted by molar-refractivity contribution is -0.104. The summed E-state index contributed by atoms with van der Waals surface area (Å²) in [6, 6.07) is 7.68. The van der Waals surface area contributed by atoms with Crippen LogP contribution in [0.3, 0.4) is 0 Å². The number of benzene rings is 1. The number of carbonyl (C=O) groups is 1. The van der Waals surface area contributed by atoms with Gasteiger partial charge >= 0.3 is 6.61 Å². The molecule has 0 amide bonds. The molecule has 1 aromatic carbocycles. The molecule has 7 nitrogen and oxygen atoms in total. The normalized spacial score (nSPS) is 14.9. The molecule has 1 fully saturated rings. The highest BCUT2D eigenvalue weighted by Crippen LogP contribution is 2.23. The predicted molar refractivity (Wildman–Crippen MR) is 128 cm³/mol. The van der Waals surface area contributed by atoms with Crippen molar-refractivity contribution in [3.05, 3.63) is 60.1 Å². The van der Waals surface area contributed by atoms with Gasteiger partial charge in [0.1, 0.15) is 17.7 Å². The van der Waals surface area contributed by atoms with Crippen molar-refractivity contribution in [1.82, 2.24) is 15.3 Å². The SMILES string of the molecule is CC.CN/C=C(\C=C(/C=O)Nc1ccnc(N2CCC(F)CC2)n1)c1ccc(OC(F)F)cc1. The van der Waals surface area contributed by atoms with Gasteiger partial charge < -0.3 is 20.3 Å². The Morgan fingerprint density at radius 2 is 1.85 bits per heavy atom. The molecule has 34 heavy (non-hydrogen) atoms. The molecule has 0 radical (unpaired) electrons. The van der Waals surface area contributed by atoms with Crippen LogP contribution in [0.25, 0.3) is 5.57 Å². The number of piperidine rings is 1. The number of nitrogens with one attached hydrogen (secondary N) is 2. The molecule has 0 atom stereocenters. The largest absolute Gasteiger partial charge is 0.435 e. The summed E-state index contributed by atoms with van der Waals surface area (Å²) in [7, 11) is 1.70. The van der Waals surface area contributed by atoms with Crippen molar-refractivity contribution in [2.75, 3.05) is 30.4 Å². The van der Waals surface area contributed by atoms with E-state index in [4.69, 9.17) is 0 Å². The molecule has 10 heteroatoms. The van der Waals surface area contributed by atoms with Gasteiger partial charge in [-0.2, -0.15) is 13.8 Å². The maximum atomic E-state index is 13.4. The standard InChI is InChI=1S/C22H24F3N5O2.C2H6/c1-26-13-16(15-2-4-19(5-3-15)32-21(24)25)12-18(14-31)28-20-6-9-27-22(29-20)30-10-7-17(23)8-11-30;1-2/h2-6,9,12-14,17,21,26H,7-8,10-11H2,1H3,(H,27,28,29);1-2H3/b16-13+,18-12+;. The number of aromatic nitrogens is 2. The van der Waals surface area contributed by atoms with Crippen LogP contribution in [-0.2, 0) is 4.79 Å². The molecule has 184 valence electrons. The summed E-state index contributed by atoms with van der Waals surface area (Å²) in [4.78, 5) is 22.3. The van der Waals surface area contributed by atoms with Gasteiger partial charge in [0.2, 0.25) is 5.95 Å². The predicted octanol–water partition coefficient (Wildman–Crippen LogP) is 4.80. The lowest BCUT2D eigenvalue weighted by Crippen LogP contribution is -2.35. The Bertz CT molecular complexity index is 959. The van der Waals surface area contributed by atoms with E-state index in [-0.39, 0.29) is 11.4 Å². The monoisotopic (exact) mass is 477 g/mol. The van der Waals surface area contributed by atoms with Crippen LogP contribution in [0.1, 0.15) is 32.3 Å². The summed E-state index contributed by atoms with van der Waals surface area (Å²) in [6.45, 7) is 2.16. The maximum Gasteiger partial charge on any atom is 0.387 e. The number of ether oxygens (including phenoxy) is 1. The molecule has 2 heterocycles. The third-order valence-electron chi connectivity index (χ3n) is 4.77. The number of anilines is 2. The number of nitrogens with zero attached hydrogens (tertiary/aromatic N) is 3. The van der Waals surface area contributed by atoms with Crippen LogP contribution < -0.4 is 20.3 Å². The van der Waals surface area contributed by atoms with E-state index in [0.29, 0.717) is 55.1 Å². The van der Waals surface area contributed by atoms with Gasteiger partial charge in [-0.15, -0.1) is 0 Å². The first-order valence-corrected chi connectivity index (χ1v) is 11.1. The minimum Gasteiger partial charge on any atom is -0.435 e. The highest BCUT2D eigenvalue weighted by atomic mass is 19.3. The van der Waals surface area contributed by atoms with Gasteiger partial charge in [-0.1, -0.05) is 26.0 Å². The Hall–Kier alpha value is -3.56. The lowest BCUT2D eigenvalue weighted by Gasteiger charge is -2.28. The zero-order valence-electron chi connectivity index (χ0n) is 19.5. The van der Waals surface area contributed by atoms with Crippen LogP contribution in [-0.4, -0.2) is 49.2 Å². The van der Waals surface area contributed by atoms with Gasteiger partial charge in [-0.3, -0.25) is 4.79 Å². The van der Waals surface area contributed by atoms with Crippen molar-refractivity contribution >= 4 is 23.6 Å². The summed E-state index contributed by atoms with van der Waals surface area (Å²) in [6.07, 6.45) is 5.54. The minimum absolute atomic E-state index is 0.0376. The van der Waals surface area contributed by atoms with Crippen LogP contribution in [0.4, 0.5) is 24.9 Å². The molecule has 1 aliphatic heterocycles. The third kappa shape index (κ3) is 8.09. The van der Waals surface area contributed by atoms with Gasteiger partial charge in [-0.05, 0) is 48.3 Å². The molecule has 1 aliphatic rings. The molecular formula is C24H30F3N5O2. The molecule has 2 N–H and O–H groups in total. The van der Waals surface area contributed by atoms with Crippen molar-refractivity contribution in [3.63, 3.8) is 0 Å². The summed E-state index contributed by atoms with van der Waals surface area (Å²) in [5.41, 5.74) is 1.54. The molecule has 3 rings (SSSR count). The van der Waals surface area contributed by atoms with Gasteiger partial charge in [0.25, 0.3) is 0 Å². The number of allylic oxidation sites excluding steroid dienone is 3. The Morgan fingerprint density at radius 1 is 1.18 bits per heavy atom. The molecule has 2 aromatic rings. The quantitative estimate of drug-likeness (QED) is 0.305. The van der Waals surface area contributed by atoms with E-state index in [0.717, 1.165) is 0 Å². The Balaban J connectivity index is 0.00000199. The Kier molecular flexibility index (Phi) is 10.9. The van der Waals surface area contributed by atoms with Gasteiger partial charge in [0.05, 0.1) is 5.70 Å². The highest BCUT2D eigenvalue weighted by molar-refractivity contribution is 5.86. The van der Waals surface area contributed by atoms with Crippen LogP contribution in [0, 0.1) is 0 Å². The molecule has 1 aromatic heterocycles. The fourth-order valence-electron chi connectivity index (χ4n) is 3.23. The number of halogens is 3. The fraction of sp³-hybridized carbons (Fsp3) is 0.375. The molecule has 0 aliphatic carbocycles. The smallest absolute Gasteiger partial charge is 0.387 e. The molecule has 0 spiro atoms. The number of hydrogen-bond donors (Lipinski definition) is 2. The summed E-state index contributed by atoms with van der Waals surface area (Å²) < 4.78 is 42.5. The fourth-order valence-corrected chi connectivity index (χ4v) is 3.23. The van der Waals surface area contributed by atoms with Crippen molar-refractivity contribution in [2.45, 2.75) is 39.5 Å². The van der Waals surface area contributed by atoms with Crippen molar-refractivity contribution in [1.29, 1.82) is 0 Å². The molecule has 0 saturated carbocycles. The van der Waals surface area contributed by atoms with E-state index in [1.165, 1.54) is 12.1 Å². The average molecular weight is 478 g/mol. The third-order valence-corrected chi connectivity index (χ3v) is 4.77.